The maximum absolute atomic E-state index is 12.5. The SMILES string of the molecule is COc1cccc(C(=O)c2cc(C)ccc2N)c1Cl. The van der Waals surface area contributed by atoms with Crippen LogP contribution < -0.4 is 10.5 Å². The normalized spacial score (nSPS) is 10.3. The van der Waals surface area contributed by atoms with Crippen molar-refractivity contribution in [1.82, 2.24) is 0 Å². The lowest BCUT2D eigenvalue weighted by molar-refractivity contribution is 0.103. The Kier molecular flexibility index (Phi) is 3.76. The highest BCUT2D eigenvalue weighted by atomic mass is 35.5. The number of anilines is 1. The highest BCUT2D eigenvalue weighted by Crippen LogP contribution is 2.30. The summed E-state index contributed by atoms with van der Waals surface area (Å²) in [7, 11) is 1.51. The second kappa shape index (κ2) is 5.33. The van der Waals surface area contributed by atoms with Gasteiger partial charge in [-0.3, -0.25) is 4.79 Å². The van der Waals surface area contributed by atoms with Gasteiger partial charge in [0.2, 0.25) is 0 Å². The average molecular weight is 276 g/mol. The summed E-state index contributed by atoms with van der Waals surface area (Å²) < 4.78 is 5.11. The Bertz CT molecular complexity index is 638. The molecule has 0 aliphatic rings. The fourth-order valence-electron chi connectivity index (χ4n) is 1.86. The molecule has 4 heteroatoms. The summed E-state index contributed by atoms with van der Waals surface area (Å²) in [5, 5.41) is 0.302. The van der Waals surface area contributed by atoms with Crippen molar-refractivity contribution in [2.24, 2.45) is 0 Å². The highest BCUT2D eigenvalue weighted by Gasteiger charge is 2.17. The van der Waals surface area contributed by atoms with Gasteiger partial charge in [-0.05, 0) is 31.2 Å². The van der Waals surface area contributed by atoms with Crippen molar-refractivity contribution < 1.29 is 9.53 Å². The topological polar surface area (TPSA) is 52.3 Å². The summed E-state index contributed by atoms with van der Waals surface area (Å²) in [6.45, 7) is 1.91. The lowest BCUT2D eigenvalue weighted by Crippen LogP contribution is -2.07. The molecule has 2 aromatic rings. The molecule has 2 aromatic carbocycles. The first-order valence-electron chi connectivity index (χ1n) is 5.78. The van der Waals surface area contributed by atoms with Gasteiger partial charge < -0.3 is 10.5 Å². The Hall–Kier alpha value is -2.00. The monoisotopic (exact) mass is 275 g/mol. The third-order valence-corrected chi connectivity index (χ3v) is 3.27. The number of hydrogen-bond acceptors (Lipinski definition) is 3. The van der Waals surface area contributed by atoms with E-state index in [1.807, 2.05) is 13.0 Å². The Morgan fingerprint density at radius 3 is 2.63 bits per heavy atom. The standard InChI is InChI=1S/C15H14ClNO2/c1-9-6-7-12(17)11(8-9)15(18)10-4-3-5-13(19-2)14(10)16/h3-8H,17H2,1-2H3. The van der Waals surface area contributed by atoms with Gasteiger partial charge in [0, 0.05) is 16.8 Å². The number of nitrogen functional groups attached to an aromatic ring is 1. The fourth-order valence-corrected chi connectivity index (χ4v) is 2.14. The number of hydrogen-bond donors (Lipinski definition) is 1. The Labute approximate surface area is 117 Å². The van der Waals surface area contributed by atoms with E-state index in [1.165, 1.54) is 7.11 Å². The molecular weight excluding hydrogens is 262 g/mol. The molecule has 0 aliphatic heterocycles. The molecule has 19 heavy (non-hydrogen) atoms. The van der Waals surface area contributed by atoms with Crippen molar-refractivity contribution in [3.05, 3.63) is 58.1 Å². The maximum atomic E-state index is 12.5. The van der Waals surface area contributed by atoms with Crippen molar-refractivity contribution in [2.75, 3.05) is 12.8 Å². The van der Waals surface area contributed by atoms with Crippen LogP contribution in [-0.2, 0) is 0 Å². The van der Waals surface area contributed by atoms with Gasteiger partial charge in [0.05, 0.1) is 12.1 Å². The van der Waals surface area contributed by atoms with Gasteiger partial charge in [-0.25, -0.2) is 0 Å². The van der Waals surface area contributed by atoms with Crippen LogP contribution in [0.3, 0.4) is 0 Å². The van der Waals surface area contributed by atoms with Crippen LogP contribution >= 0.6 is 11.6 Å². The predicted octanol–water partition coefficient (Wildman–Crippen LogP) is 3.47. The molecule has 0 fully saturated rings. The van der Waals surface area contributed by atoms with Gasteiger partial charge in [-0.15, -0.1) is 0 Å². The van der Waals surface area contributed by atoms with Crippen LogP contribution in [0.25, 0.3) is 0 Å². The minimum Gasteiger partial charge on any atom is -0.495 e. The van der Waals surface area contributed by atoms with Crippen LogP contribution in [0.2, 0.25) is 5.02 Å². The second-order valence-corrected chi connectivity index (χ2v) is 4.62. The lowest BCUT2D eigenvalue weighted by atomic mass is 9.99. The Morgan fingerprint density at radius 1 is 1.21 bits per heavy atom. The molecule has 0 aromatic heterocycles. The summed E-state index contributed by atoms with van der Waals surface area (Å²) in [4.78, 5) is 12.5. The minimum atomic E-state index is -0.204. The number of halogens is 1. The first-order valence-corrected chi connectivity index (χ1v) is 6.15. The number of carbonyl (C=O) groups is 1. The summed E-state index contributed by atoms with van der Waals surface area (Å²) in [5.41, 5.74) is 8.10. The molecule has 98 valence electrons. The van der Waals surface area contributed by atoms with E-state index in [2.05, 4.69) is 0 Å². The smallest absolute Gasteiger partial charge is 0.196 e. The van der Waals surface area contributed by atoms with E-state index in [0.717, 1.165) is 5.56 Å². The zero-order chi connectivity index (χ0) is 14.0. The van der Waals surface area contributed by atoms with E-state index < -0.39 is 0 Å². The number of ketones is 1. The molecule has 0 aliphatic carbocycles. The van der Waals surface area contributed by atoms with Crippen molar-refractivity contribution >= 4 is 23.1 Å². The molecule has 2 rings (SSSR count). The van der Waals surface area contributed by atoms with Gasteiger partial charge in [-0.2, -0.15) is 0 Å². The van der Waals surface area contributed by atoms with Crippen LogP contribution in [0.1, 0.15) is 21.5 Å². The first-order chi connectivity index (χ1) is 9.04. The van der Waals surface area contributed by atoms with E-state index in [4.69, 9.17) is 22.1 Å². The van der Waals surface area contributed by atoms with Crippen molar-refractivity contribution in [3.8, 4) is 5.75 Å². The summed E-state index contributed by atoms with van der Waals surface area (Å²) in [5.74, 6) is 0.267. The average Bonchev–Trinajstić information content (AvgIpc) is 2.41. The van der Waals surface area contributed by atoms with Crippen LogP contribution in [0.5, 0.6) is 5.75 Å². The van der Waals surface area contributed by atoms with Crippen LogP contribution in [-0.4, -0.2) is 12.9 Å². The van der Waals surface area contributed by atoms with Gasteiger partial charge >= 0.3 is 0 Å². The number of benzene rings is 2. The molecule has 0 atom stereocenters. The number of nitrogens with two attached hydrogens (primary N) is 1. The second-order valence-electron chi connectivity index (χ2n) is 4.24. The number of ether oxygens (including phenoxy) is 1. The summed E-state index contributed by atoms with van der Waals surface area (Å²) >= 11 is 6.16. The molecule has 0 saturated heterocycles. The Morgan fingerprint density at radius 2 is 1.95 bits per heavy atom. The van der Waals surface area contributed by atoms with Gasteiger partial charge in [0.15, 0.2) is 5.78 Å². The molecule has 0 spiro atoms. The zero-order valence-corrected chi connectivity index (χ0v) is 11.5. The molecular formula is C15H14ClNO2. The number of rotatable bonds is 3. The Balaban J connectivity index is 2.53. The van der Waals surface area contributed by atoms with Crippen LogP contribution in [0.4, 0.5) is 5.69 Å². The molecule has 0 amide bonds. The third-order valence-electron chi connectivity index (χ3n) is 2.88. The first kappa shape index (κ1) is 13.4. The predicted molar refractivity (Wildman–Crippen MR) is 77.0 cm³/mol. The molecule has 2 N–H and O–H groups in total. The fraction of sp³-hybridized carbons (Fsp3) is 0.133. The van der Waals surface area contributed by atoms with E-state index in [1.54, 1.807) is 30.3 Å². The van der Waals surface area contributed by atoms with E-state index in [9.17, 15) is 4.79 Å². The van der Waals surface area contributed by atoms with E-state index in [-0.39, 0.29) is 5.78 Å². The minimum absolute atomic E-state index is 0.204. The third kappa shape index (κ3) is 2.56. The summed E-state index contributed by atoms with van der Waals surface area (Å²) in [6, 6.07) is 10.4. The van der Waals surface area contributed by atoms with E-state index in [0.29, 0.717) is 27.6 Å². The maximum Gasteiger partial charge on any atom is 0.196 e. The van der Waals surface area contributed by atoms with Crippen molar-refractivity contribution in [1.29, 1.82) is 0 Å². The highest BCUT2D eigenvalue weighted by molar-refractivity contribution is 6.36. The zero-order valence-electron chi connectivity index (χ0n) is 10.7. The number of methoxy groups -OCH3 is 1. The van der Waals surface area contributed by atoms with Gasteiger partial charge in [-0.1, -0.05) is 29.3 Å². The van der Waals surface area contributed by atoms with Crippen LogP contribution in [0, 0.1) is 6.92 Å². The quantitative estimate of drug-likeness (QED) is 0.689. The molecule has 0 radical (unpaired) electrons. The van der Waals surface area contributed by atoms with Crippen molar-refractivity contribution in [3.63, 3.8) is 0 Å². The van der Waals surface area contributed by atoms with Gasteiger partial charge in [0.25, 0.3) is 0 Å². The molecule has 3 nitrogen and oxygen atoms in total. The molecule has 0 heterocycles. The largest absolute Gasteiger partial charge is 0.495 e. The lowest BCUT2D eigenvalue weighted by Gasteiger charge is -2.10. The van der Waals surface area contributed by atoms with Gasteiger partial charge in [0.1, 0.15) is 5.75 Å². The molecule has 0 bridgehead atoms. The van der Waals surface area contributed by atoms with E-state index >= 15 is 0 Å². The van der Waals surface area contributed by atoms with Crippen LogP contribution in [0.15, 0.2) is 36.4 Å². The molecule has 0 unspecified atom stereocenters. The summed E-state index contributed by atoms with van der Waals surface area (Å²) in [6.07, 6.45) is 0. The molecule has 0 saturated carbocycles. The number of aryl methyl sites for hydroxylation is 1. The van der Waals surface area contributed by atoms with Crippen molar-refractivity contribution in [2.45, 2.75) is 6.92 Å². The number of carbonyl (C=O) groups excluding carboxylic acids is 1.